The fraction of sp³-hybridized carbons (Fsp3) is 0.211. The molecule has 136 valence electrons. The standard InChI is InChI=1S/C19H20ClN3O2S/c1-12-5-8-16(9-6-12)23-15(4)19(14(3)21-23)26(24,25)22-18-10-7-13(2)11-17(18)20/h5-11,22H,1-4H3. The molecule has 0 aliphatic carbocycles. The lowest BCUT2D eigenvalue weighted by Crippen LogP contribution is -2.15. The summed E-state index contributed by atoms with van der Waals surface area (Å²) in [5, 5.41) is 4.78. The first-order valence-corrected chi connectivity index (χ1v) is 9.97. The van der Waals surface area contributed by atoms with E-state index in [0.29, 0.717) is 22.1 Å². The Morgan fingerprint density at radius 1 is 0.962 bits per heavy atom. The molecule has 1 heterocycles. The minimum absolute atomic E-state index is 0.162. The van der Waals surface area contributed by atoms with E-state index in [1.54, 1.807) is 36.7 Å². The van der Waals surface area contributed by atoms with Gasteiger partial charge >= 0.3 is 0 Å². The number of anilines is 1. The molecule has 3 rings (SSSR count). The lowest BCUT2D eigenvalue weighted by Gasteiger charge is -2.11. The molecule has 0 saturated carbocycles. The van der Waals surface area contributed by atoms with Gasteiger partial charge in [-0.15, -0.1) is 0 Å². The molecule has 0 aliphatic heterocycles. The minimum Gasteiger partial charge on any atom is -0.278 e. The lowest BCUT2D eigenvalue weighted by atomic mass is 10.2. The Balaban J connectivity index is 2.04. The van der Waals surface area contributed by atoms with Crippen LogP contribution in [0, 0.1) is 27.7 Å². The van der Waals surface area contributed by atoms with Gasteiger partial charge in [0.1, 0.15) is 4.90 Å². The normalized spacial score (nSPS) is 11.6. The van der Waals surface area contributed by atoms with Crippen LogP contribution < -0.4 is 4.72 Å². The molecule has 0 fully saturated rings. The van der Waals surface area contributed by atoms with Crippen LogP contribution in [0.4, 0.5) is 5.69 Å². The molecule has 3 aromatic rings. The maximum Gasteiger partial charge on any atom is 0.265 e. The average molecular weight is 390 g/mol. The third kappa shape index (κ3) is 3.48. The van der Waals surface area contributed by atoms with Crippen molar-refractivity contribution in [3.63, 3.8) is 0 Å². The molecule has 26 heavy (non-hydrogen) atoms. The van der Waals surface area contributed by atoms with Gasteiger partial charge in [0.2, 0.25) is 0 Å². The van der Waals surface area contributed by atoms with Gasteiger partial charge in [0, 0.05) is 0 Å². The second-order valence-electron chi connectivity index (χ2n) is 6.34. The van der Waals surface area contributed by atoms with Gasteiger partial charge < -0.3 is 0 Å². The van der Waals surface area contributed by atoms with Gasteiger partial charge in [-0.2, -0.15) is 5.10 Å². The van der Waals surface area contributed by atoms with Crippen LogP contribution in [0.15, 0.2) is 47.4 Å². The Bertz CT molecular complexity index is 1070. The van der Waals surface area contributed by atoms with E-state index >= 15 is 0 Å². The largest absolute Gasteiger partial charge is 0.278 e. The predicted molar refractivity (Wildman–Crippen MR) is 105 cm³/mol. The number of hydrogen-bond donors (Lipinski definition) is 1. The van der Waals surface area contributed by atoms with Crippen molar-refractivity contribution in [2.75, 3.05) is 4.72 Å². The van der Waals surface area contributed by atoms with E-state index in [0.717, 1.165) is 16.8 Å². The van der Waals surface area contributed by atoms with E-state index in [1.807, 2.05) is 38.1 Å². The van der Waals surface area contributed by atoms with E-state index in [4.69, 9.17) is 11.6 Å². The predicted octanol–water partition coefficient (Wildman–Crippen LogP) is 4.56. The first kappa shape index (κ1) is 18.5. The van der Waals surface area contributed by atoms with Gasteiger partial charge in [-0.05, 0) is 57.5 Å². The molecule has 1 N–H and O–H groups in total. The number of benzene rings is 2. The van der Waals surface area contributed by atoms with Crippen LogP contribution in [-0.4, -0.2) is 18.2 Å². The lowest BCUT2D eigenvalue weighted by molar-refractivity contribution is 0.600. The highest BCUT2D eigenvalue weighted by Gasteiger charge is 2.26. The second-order valence-corrected chi connectivity index (χ2v) is 8.36. The van der Waals surface area contributed by atoms with Gasteiger partial charge in [-0.25, -0.2) is 13.1 Å². The van der Waals surface area contributed by atoms with E-state index in [-0.39, 0.29) is 4.90 Å². The molecule has 0 aliphatic rings. The summed E-state index contributed by atoms with van der Waals surface area (Å²) in [5.74, 6) is 0. The fourth-order valence-electron chi connectivity index (χ4n) is 2.85. The molecule has 2 aromatic carbocycles. The summed E-state index contributed by atoms with van der Waals surface area (Å²) < 4.78 is 30.1. The third-order valence-electron chi connectivity index (χ3n) is 4.14. The van der Waals surface area contributed by atoms with Gasteiger partial charge in [0.25, 0.3) is 10.0 Å². The Morgan fingerprint density at radius 3 is 2.19 bits per heavy atom. The molecule has 7 heteroatoms. The molecule has 1 aromatic heterocycles. The summed E-state index contributed by atoms with van der Waals surface area (Å²) in [5.41, 5.74) is 4.21. The maximum atomic E-state index is 13.0. The zero-order valence-corrected chi connectivity index (χ0v) is 16.6. The van der Waals surface area contributed by atoms with Crippen LogP contribution in [0.2, 0.25) is 5.02 Å². The first-order valence-electron chi connectivity index (χ1n) is 8.11. The highest BCUT2D eigenvalue weighted by molar-refractivity contribution is 7.92. The molecular weight excluding hydrogens is 370 g/mol. The Kier molecular flexibility index (Phi) is 4.82. The van der Waals surface area contributed by atoms with Crippen molar-refractivity contribution in [3.8, 4) is 5.69 Å². The van der Waals surface area contributed by atoms with Crippen LogP contribution >= 0.6 is 11.6 Å². The molecule has 0 radical (unpaired) electrons. The van der Waals surface area contributed by atoms with Crippen molar-refractivity contribution in [1.82, 2.24) is 9.78 Å². The van der Waals surface area contributed by atoms with E-state index in [2.05, 4.69) is 9.82 Å². The summed E-state index contributed by atoms with van der Waals surface area (Å²) in [7, 11) is -3.82. The van der Waals surface area contributed by atoms with Crippen molar-refractivity contribution in [1.29, 1.82) is 0 Å². The Morgan fingerprint density at radius 2 is 1.58 bits per heavy atom. The third-order valence-corrected chi connectivity index (χ3v) is 6.07. The molecule has 0 amide bonds. The van der Waals surface area contributed by atoms with Gasteiger partial charge in [-0.1, -0.05) is 35.4 Å². The van der Waals surface area contributed by atoms with Gasteiger partial charge in [-0.3, -0.25) is 4.72 Å². The molecule has 0 bridgehead atoms. The number of sulfonamides is 1. The smallest absolute Gasteiger partial charge is 0.265 e. The zero-order valence-electron chi connectivity index (χ0n) is 15.0. The van der Waals surface area contributed by atoms with E-state index in [9.17, 15) is 8.42 Å². The SMILES string of the molecule is Cc1ccc(-n2nc(C)c(S(=O)(=O)Nc3ccc(C)cc3Cl)c2C)cc1. The summed E-state index contributed by atoms with van der Waals surface area (Å²) in [6.07, 6.45) is 0. The van der Waals surface area contributed by atoms with Crippen molar-refractivity contribution < 1.29 is 8.42 Å². The Labute approximate surface area is 158 Å². The molecule has 0 unspecified atom stereocenters. The summed E-state index contributed by atoms with van der Waals surface area (Å²) in [6, 6.07) is 12.9. The van der Waals surface area contributed by atoms with Crippen molar-refractivity contribution in [3.05, 3.63) is 70.0 Å². The van der Waals surface area contributed by atoms with E-state index < -0.39 is 10.0 Å². The second kappa shape index (κ2) is 6.78. The first-order chi connectivity index (χ1) is 12.2. The summed E-state index contributed by atoms with van der Waals surface area (Å²) in [6.45, 7) is 7.31. The molecule has 0 saturated heterocycles. The number of aromatic nitrogens is 2. The molecule has 0 spiro atoms. The molecular formula is C19H20ClN3O2S. The number of nitrogens with zero attached hydrogens (tertiary/aromatic N) is 2. The minimum atomic E-state index is -3.82. The number of aryl methyl sites for hydroxylation is 3. The van der Waals surface area contributed by atoms with Crippen LogP contribution in [0.25, 0.3) is 5.69 Å². The molecule has 0 atom stereocenters. The monoisotopic (exact) mass is 389 g/mol. The van der Waals surface area contributed by atoms with Crippen LogP contribution in [0.3, 0.4) is 0 Å². The highest BCUT2D eigenvalue weighted by atomic mass is 35.5. The number of nitrogens with one attached hydrogen (secondary N) is 1. The Hall–Kier alpha value is -2.31. The van der Waals surface area contributed by atoms with Crippen LogP contribution in [-0.2, 0) is 10.0 Å². The number of hydrogen-bond acceptors (Lipinski definition) is 3. The van der Waals surface area contributed by atoms with Crippen LogP contribution in [0.5, 0.6) is 0 Å². The van der Waals surface area contributed by atoms with Crippen LogP contribution in [0.1, 0.15) is 22.5 Å². The van der Waals surface area contributed by atoms with Gasteiger partial charge in [0.15, 0.2) is 0 Å². The topological polar surface area (TPSA) is 64.0 Å². The quantitative estimate of drug-likeness (QED) is 0.711. The van der Waals surface area contributed by atoms with Gasteiger partial charge in [0.05, 0.1) is 27.8 Å². The van der Waals surface area contributed by atoms with Crippen molar-refractivity contribution >= 4 is 27.3 Å². The van der Waals surface area contributed by atoms with Crippen molar-refractivity contribution in [2.24, 2.45) is 0 Å². The van der Waals surface area contributed by atoms with E-state index in [1.165, 1.54) is 0 Å². The summed E-state index contributed by atoms with van der Waals surface area (Å²) in [4.78, 5) is 0.162. The average Bonchev–Trinajstić information content (AvgIpc) is 2.86. The number of rotatable bonds is 4. The maximum absolute atomic E-state index is 13.0. The fourth-order valence-corrected chi connectivity index (χ4v) is 4.67. The number of halogens is 1. The zero-order chi connectivity index (χ0) is 19.1. The summed E-state index contributed by atoms with van der Waals surface area (Å²) >= 11 is 6.17. The molecule has 5 nitrogen and oxygen atoms in total. The highest BCUT2D eigenvalue weighted by Crippen LogP contribution is 2.28. The van der Waals surface area contributed by atoms with Crippen molar-refractivity contribution in [2.45, 2.75) is 32.6 Å².